The maximum Gasteiger partial charge on any atom is 0.433 e. The summed E-state index contributed by atoms with van der Waals surface area (Å²) in [6.45, 7) is 6.43. The Bertz CT molecular complexity index is 904. The normalized spacial score (nSPS) is 19.0. The molecule has 4 rings (SSSR count). The van der Waals surface area contributed by atoms with Crippen LogP contribution in [0.25, 0.3) is 11.3 Å². The molecule has 1 saturated carbocycles. The van der Waals surface area contributed by atoms with Crippen molar-refractivity contribution in [3.05, 3.63) is 36.3 Å². The van der Waals surface area contributed by atoms with Gasteiger partial charge in [0.05, 0.1) is 11.7 Å². The average molecular weight is 408 g/mol. The van der Waals surface area contributed by atoms with Gasteiger partial charge in [-0.15, -0.1) is 0 Å². The lowest BCUT2D eigenvalue weighted by molar-refractivity contribution is -0.150. The summed E-state index contributed by atoms with van der Waals surface area (Å²) >= 11 is 0. The fraction of sp³-hybridized carbons (Fsp3) is 0.550. The molecule has 1 amide bonds. The fourth-order valence-electron chi connectivity index (χ4n) is 4.13. The van der Waals surface area contributed by atoms with E-state index in [0.29, 0.717) is 31.5 Å². The van der Waals surface area contributed by atoms with Gasteiger partial charge in [-0.2, -0.15) is 18.3 Å². The van der Waals surface area contributed by atoms with E-state index in [-0.39, 0.29) is 23.2 Å². The minimum Gasteiger partial charge on any atom is -0.444 e. The van der Waals surface area contributed by atoms with Crippen LogP contribution >= 0.6 is 0 Å². The highest BCUT2D eigenvalue weighted by Crippen LogP contribution is 2.55. The van der Waals surface area contributed by atoms with Crippen LogP contribution in [0.5, 0.6) is 0 Å². The average Bonchev–Trinajstić information content (AvgIpc) is 2.96. The van der Waals surface area contributed by atoms with E-state index in [1.807, 2.05) is 0 Å². The van der Waals surface area contributed by atoms with Crippen molar-refractivity contribution in [1.82, 2.24) is 19.7 Å². The number of halogens is 3. The zero-order chi connectivity index (χ0) is 21.0. The van der Waals surface area contributed by atoms with E-state index < -0.39 is 17.5 Å². The minimum atomic E-state index is -4.49. The van der Waals surface area contributed by atoms with Crippen molar-refractivity contribution in [2.24, 2.45) is 5.41 Å². The van der Waals surface area contributed by atoms with Crippen molar-refractivity contribution < 1.29 is 22.7 Å². The molecule has 0 unspecified atom stereocenters. The van der Waals surface area contributed by atoms with Crippen molar-refractivity contribution in [3.63, 3.8) is 0 Å². The second kappa shape index (κ2) is 6.47. The molecule has 3 heterocycles. The summed E-state index contributed by atoms with van der Waals surface area (Å²) < 4.78 is 47.1. The molecule has 1 aliphatic carbocycles. The van der Waals surface area contributed by atoms with Gasteiger partial charge in [-0.1, -0.05) is 0 Å². The summed E-state index contributed by atoms with van der Waals surface area (Å²) in [5.41, 5.74) is -0.646. The Morgan fingerprint density at radius 2 is 1.93 bits per heavy atom. The smallest absolute Gasteiger partial charge is 0.433 e. The zero-order valence-corrected chi connectivity index (χ0v) is 16.5. The standard InChI is InChI=1S/C20H23F3N4O2/c1-18(2,3)29-17(28)26-11-19(12-26)8-14(9-19)27-16(20(21,22)23)7-15(25-27)13-5-4-6-24-10-13/h4-7,10,14H,8-9,11-12H2,1-3H3. The van der Waals surface area contributed by atoms with Gasteiger partial charge in [-0.3, -0.25) is 9.67 Å². The number of likely N-dealkylation sites (tertiary alicyclic amines) is 1. The molecule has 6 nitrogen and oxygen atoms in total. The third-order valence-electron chi connectivity index (χ3n) is 5.37. The van der Waals surface area contributed by atoms with E-state index in [9.17, 15) is 18.0 Å². The molecule has 2 fully saturated rings. The van der Waals surface area contributed by atoms with Crippen molar-refractivity contribution in [2.45, 2.75) is 51.4 Å². The second-order valence-electron chi connectivity index (χ2n) is 9.00. The molecule has 2 aliphatic rings. The Labute approximate surface area is 166 Å². The van der Waals surface area contributed by atoms with Crippen LogP contribution in [0.3, 0.4) is 0 Å². The summed E-state index contributed by atoms with van der Waals surface area (Å²) in [6.07, 6.45) is -0.681. The molecule has 0 aromatic carbocycles. The van der Waals surface area contributed by atoms with Crippen LogP contribution in [-0.4, -0.2) is 44.4 Å². The summed E-state index contributed by atoms with van der Waals surface area (Å²) in [4.78, 5) is 17.7. The molecule has 0 radical (unpaired) electrons. The monoisotopic (exact) mass is 408 g/mol. The second-order valence-corrected chi connectivity index (χ2v) is 9.00. The summed E-state index contributed by atoms with van der Waals surface area (Å²) in [5.74, 6) is 0. The molecular formula is C20H23F3N4O2. The lowest BCUT2D eigenvalue weighted by atomic mass is 9.61. The lowest BCUT2D eigenvalue weighted by Gasteiger charge is -2.58. The Morgan fingerprint density at radius 3 is 2.48 bits per heavy atom. The van der Waals surface area contributed by atoms with E-state index in [1.54, 1.807) is 44.0 Å². The van der Waals surface area contributed by atoms with Crippen molar-refractivity contribution in [1.29, 1.82) is 0 Å². The first-order valence-corrected chi connectivity index (χ1v) is 9.51. The zero-order valence-electron chi connectivity index (χ0n) is 16.5. The number of alkyl halides is 3. The minimum absolute atomic E-state index is 0.134. The Balaban J connectivity index is 1.46. The topological polar surface area (TPSA) is 60.2 Å². The molecular weight excluding hydrogens is 385 g/mol. The number of ether oxygens (including phenoxy) is 1. The first-order chi connectivity index (χ1) is 13.5. The van der Waals surface area contributed by atoms with E-state index >= 15 is 0 Å². The quantitative estimate of drug-likeness (QED) is 0.732. The van der Waals surface area contributed by atoms with Gasteiger partial charge in [0.2, 0.25) is 0 Å². The van der Waals surface area contributed by atoms with Crippen molar-refractivity contribution >= 4 is 6.09 Å². The number of pyridine rings is 1. The van der Waals surface area contributed by atoms with Crippen molar-refractivity contribution in [2.75, 3.05) is 13.1 Å². The van der Waals surface area contributed by atoms with Crippen molar-refractivity contribution in [3.8, 4) is 11.3 Å². The molecule has 0 N–H and O–H groups in total. The highest BCUT2D eigenvalue weighted by Gasteiger charge is 2.56. The Morgan fingerprint density at radius 1 is 1.24 bits per heavy atom. The van der Waals surface area contributed by atoms with Gasteiger partial charge in [0, 0.05) is 36.5 Å². The first-order valence-electron chi connectivity index (χ1n) is 9.51. The van der Waals surface area contributed by atoms with E-state index in [1.165, 1.54) is 6.20 Å². The van der Waals surface area contributed by atoms with Crippen LogP contribution in [0.2, 0.25) is 0 Å². The van der Waals surface area contributed by atoms with Gasteiger partial charge in [-0.05, 0) is 51.8 Å². The molecule has 2 aromatic rings. The number of carbonyl (C=O) groups is 1. The number of carbonyl (C=O) groups excluding carboxylic acids is 1. The third kappa shape index (κ3) is 3.82. The number of aromatic nitrogens is 3. The number of nitrogens with zero attached hydrogens (tertiary/aromatic N) is 4. The molecule has 0 bridgehead atoms. The van der Waals surface area contributed by atoms with E-state index in [2.05, 4.69) is 10.1 Å². The van der Waals surface area contributed by atoms with Crippen LogP contribution in [0.4, 0.5) is 18.0 Å². The van der Waals surface area contributed by atoms with Gasteiger partial charge in [0.1, 0.15) is 11.3 Å². The first kappa shape index (κ1) is 19.7. The highest BCUT2D eigenvalue weighted by atomic mass is 19.4. The maximum atomic E-state index is 13.6. The molecule has 156 valence electrons. The third-order valence-corrected chi connectivity index (χ3v) is 5.37. The van der Waals surface area contributed by atoms with Crippen LogP contribution in [0.15, 0.2) is 30.6 Å². The van der Waals surface area contributed by atoms with Crippen LogP contribution < -0.4 is 0 Å². The number of hydrogen-bond donors (Lipinski definition) is 0. The number of amides is 1. The molecule has 9 heteroatoms. The molecule has 2 aromatic heterocycles. The fourth-order valence-corrected chi connectivity index (χ4v) is 4.13. The summed E-state index contributed by atoms with van der Waals surface area (Å²) in [6, 6.07) is 4.10. The predicted octanol–water partition coefficient (Wildman–Crippen LogP) is 4.54. The van der Waals surface area contributed by atoms with Gasteiger partial charge in [0.15, 0.2) is 0 Å². The molecule has 1 spiro atoms. The van der Waals surface area contributed by atoms with Crippen LogP contribution in [0, 0.1) is 5.41 Å². The summed E-state index contributed by atoms with van der Waals surface area (Å²) in [5, 5.41) is 4.25. The van der Waals surface area contributed by atoms with Gasteiger partial charge in [-0.25, -0.2) is 4.79 Å². The molecule has 1 saturated heterocycles. The van der Waals surface area contributed by atoms with E-state index in [4.69, 9.17) is 4.74 Å². The largest absolute Gasteiger partial charge is 0.444 e. The van der Waals surface area contributed by atoms with Crippen LogP contribution in [-0.2, 0) is 10.9 Å². The summed E-state index contributed by atoms with van der Waals surface area (Å²) in [7, 11) is 0. The predicted molar refractivity (Wildman–Crippen MR) is 99.0 cm³/mol. The molecule has 29 heavy (non-hydrogen) atoms. The van der Waals surface area contributed by atoms with E-state index in [0.717, 1.165) is 10.7 Å². The van der Waals surface area contributed by atoms with Crippen LogP contribution in [0.1, 0.15) is 45.3 Å². The number of hydrogen-bond acceptors (Lipinski definition) is 4. The SMILES string of the molecule is CC(C)(C)OC(=O)N1CC2(CC(n3nc(-c4cccnc4)cc3C(F)(F)F)C2)C1. The number of rotatable bonds is 2. The molecule has 1 aliphatic heterocycles. The lowest BCUT2D eigenvalue weighted by Crippen LogP contribution is -2.64. The Kier molecular flexibility index (Phi) is 4.40. The van der Waals surface area contributed by atoms with Gasteiger partial charge >= 0.3 is 12.3 Å². The highest BCUT2D eigenvalue weighted by molar-refractivity contribution is 5.69. The van der Waals surface area contributed by atoms with Gasteiger partial charge < -0.3 is 9.64 Å². The van der Waals surface area contributed by atoms with Gasteiger partial charge in [0.25, 0.3) is 0 Å². The Hall–Kier alpha value is -2.58. The maximum absolute atomic E-state index is 13.6. The molecule has 0 atom stereocenters.